The molecule has 0 atom stereocenters. The van der Waals surface area contributed by atoms with Crippen molar-refractivity contribution < 1.29 is 9.32 Å². The second-order valence-electron chi connectivity index (χ2n) is 4.87. The number of hydrogen-bond donors (Lipinski definition) is 3. The SMILES string of the molecule is CNCC(C)(C)CNC(=O)c1[nH]oc(=O)c1C. The lowest BCUT2D eigenvalue weighted by Crippen LogP contribution is -2.39. The number of H-pyrrole nitrogens is 1. The predicted octanol–water partition coefficient (Wildman–Crippen LogP) is 0.252. The van der Waals surface area contributed by atoms with Crippen molar-refractivity contribution in [1.82, 2.24) is 15.8 Å². The lowest BCUT2D eigenvalue weighted by molar-refractivity contribution is 0.0927. The van der Waals surface area contributed by atoms with Crippen LogP contribution in [0.5, 0.6) is 0 Å². The Labute approximate surface area is 99.7 Å². The van der Waals surface area contributed by atoms with Gasteiger partial charge in [0.05, 0.1) is 5.56 Å². The largest absolute Gasteiger partial charge is 0.360 e. The number of hydrogen-bond acceptors (Lipinski definition) is 4. The molecule has 0 bridgehead atoms. The number of aromatic nitrogens is 1. The first-order chi connectivity index (χ1) is 7.87. The second-order valence-corrected chi connectivity index (χ2v) is 4.87. The number of aromatic amines is 1. The van der Waals surface area contributed by atoms with Crippen LogP contribution in [0.3, 0.4) is 0 Å². The average Bonchev–Trinajstić information content (AvgIpc) is 2.57. The summed E-state index contributed by atoms with van der Waals surface area (Å²) in [5.74, 6) is -0.322. The van der Waals surface area contributed by atoms with Gasteiger partial charge in [0, 0.05) is 13.1 Å². The van der Waals surface area contributed by atoms with Gasteiger partial charge in [-0.2, -0.15) is 0 Å². The van der Waals surface area contributed by atoms with Gasteiger partial charge in [0.25, 0.3) is 5.91 Å². The summed E-state index contributed by atoms with van der Waals surface area (Å²) in [6.07, 6.45) is 0. The third kappa shape index (κ3) is 3.45. The van der Waals surface area contributed by atoms with Crippen LogP contribution < -0.4 is 16.3 Å². The molecule has 6 heteroatoms. The molecule has 0 aliphatic carbocycles. The Kier molecular flexibility index (Phi) is 4.11. The van der Waals surface area contributed by atoms with Gasteiger partial charge in [0.15, 0.2) is 0 Å². The number of carbonyl (C=O) groups is 1. The molecule has 1 rings (SSSR count). The van der Waals surface area contributed by atoms with Gasteiger partial charge in [-0.05, 0) is 19.4 Å². The summed E-state index contributed by atoms with van der Waals surface area (Å²) in [7, 11) is 1.86. The van der Waals surface area contributed by atoms with Gasteiger partial charge in [-0.15, -0.1) is 0 Å². The fourth-order valence-corrected chi connectivity index (χ4v) is 1.52. The zero-order valence-corrected chi connectivity index (χ0v) is 10.6. The van der Waals surface area contributed by atoms with Crippen LogP contribution in [0.25, 0.3) is 0 Å². The molecule has 0 aromatic carbocycles. The Balaban J connectivity index is 2.62. The van der Waals surface area contributed by atoms with Gasteiger partial charge >= 0.3 is 5.63 Å². The number of rotatable bonds is 5. The standard InChI is InChI=1S/C11H19N3O3/c1-7-8(14-17-10(7)16)9(15)13-6-11(2,3)5-12-4/h12,14H,5-6H2,1-4H3,(H,13,15). The van der Waals surface area contributed by atoms with E-state index in [0.717, 1.165) is 6.54 Å². The molecule has 0 spiro atoms. The summed E-state index contributed by atoms with van der Waals surface area (Å²) < 4.78 is 4.54. The molecule has 17 heavy (non-hydrogen) atoms. The van der Waals surface area contributed by atoms with Crippen LogP contribution >= 0.6 is 0 Å². The Morgan fingerprint density at radius 1 is 1.41 bits per heavy atom. The summed E-state index contributed by atoms with van der Waals surface area (Å²) >= 11 is 0. The zero-order valence-electron chi connectivity index (χ0n) is 10.6. The van der Waals surface area contributed by atoms with Crippen LogP contribution in [0.1, 0.15) is 29.9 Å². The van der Waals surface area contributed by atoms with E-state index < -0.39 is 5.63 Å². The van der Waals surface area contributed by atoms with Gasteiger partial charge in [-0.3, -0.25) is 4.79 Å². The number of amides is 1. The number of carbonyl (C=O) groups excluding carboxylic acids is 1. The van der Waals surface area contributed by atoms with E-state index in [1.54, 1.807) is 6.92 Å². The first-order valence-corrected chi connectivity index (χ1v) is 5.48. The van der Waals surface area contributed by atoms with E-state index in [1.807, 2.05) is 20.9 Å². The highest BCUT2D eigenvalue weighted by atomic mass is 16.5. The lowest BCUT2D eigenvalue weighted by Gasteiger charge is -2.24. The molecule has 0 radical (unpaired) electrons. The van der Waals surface area contributed by atoms with E-state index in [1.165, 1.54) is 0 Å². The molecule has 3 N–H and O–H groups in total. The molecule has 0 aliphatic heterocycles. The summed E-state index contributed by atoms with van der Waals surface area (Å²) in [5.41, 5.74) is -0.0728. The second kappa shape index (κ2) is 5.18. The van der Waals surface area contributed by atoms with Gasteiger partial charge in [-0.25, -0.2) is 9.95 Å². The van der Waals surface area contributed by atoms with Crippen molar-refractivity contribution in [3.8, 4) is 0 Å². The predicted molar refractivity (Wildman–Crippen MR) is 64.1 cm³/mol. The van der Waals surface area contributed by atoms with Crippen LogP contribution in [0.15, 0.2) is 9.32 Å². The Morgan fingerprint density at radius 3 is 2.53 bits per heavy atom. The maximum Gasteiger partial charge on any atom is 0.360 e. The van der Waals surface area contributed by atoms with Crippen LogP contribution in [0, 0.1) is 12.3 Å². The van der Waals surface area contributed by atoms with Crippen LogP contribution in [0.4, 0.5) is 0 Å². The first kappa shape index (κ1) is 13.5. The van der Waals surface area contributed by atoms with E-state index in [4.69, 9.17) is 0 Å². The fraction of sp³-hybridized carbons (Fsp3) is 0.636. The van der Waals surface area contributed by atoms with Crippen molar-refractivity contribution in [3.63, 3.8) is 0 Å². The maximum atomic E-state index is 11.8. The van der Waals surface area contributed by atoms with Gasteiger partial charge in [0.2, 0.25) is 0 Å². The molecule has 0 saturated heterocycles. The van der Waals surface area contributed by atoms with Gasteiger partial charge in [0.1, 0.15) is 5.69 Å². The Bertz CT molecular complexity index is 445. The summed E-state index contributed by atoms with van der Waals surface area (Å²) in [6, 6.07) is 0. The van der Waals surface area contributed by atoms with E-state index >= 15 is 0 Å². The third-order valence-electron chi connectivity index (χ3n) is 2.54. The lowest BCUT2D eigenvalue weighted by atomic mass is 9.93. The van der Waals surface area contributed by atoms with Crippen molar-refractivity contribution >= 4 is 5.91 Å². The minimum atomic E-state index is -0.510. The summed E-state index contributed by atoms with van der Waals surface area (Å²) in [5, 5.41) is 8.16. The summed E-state index contributed by atoms with van der Waals surface area (Å²) in [4.78, 5) is 22.8. The quantitative estimate of drug-likeness (QED) is 0.689. The molecule has 96 valence electrons. The molecule has 0 aliphatic rings. The van der Waals surface area contributed by atoms with Crippen molar-refractivity contribution in [3.05, 3.63) is 21.7 Å². The van der Waals surface area contributed by atoms with Crippen LogP contribution in [0.2, 0.25) is 0 Å². The Morgan fingerprint density at radius 2 is 2.06 bits per heavy atom. The average molecular weight is 241 g/mol. The van der Waals surface area contributed by atoms with Crippen molar-refractivity contribution in [2.75, 3.05) is 20.1 Å². The minimum Gasteiger partial charge on any atom is -0.350 e. The number of nitrogens with one attached hydrogen (secondary N) is 3. The molecule has 1 heterocycles. The van der Waals surface area contributed by atoms with E-state index in [0.29, 0.717) is 12.1 Å². The first-order valence-electron chi connectivity index (χ1n) is 5.48. The Hall–Kier alpha value is -1.56. The zero-order chi connectivity index (χ0) is 13.1. The van der Waals surface area contributed by atoms with Crippen molar-refractivity contribution in [2.24, 2.45) is 5.41 Å². The molecule has 1 aromatic heterocycles. The van der Waals surface area contributed by atoms with Crippen molar-refractivity contribution in [1.29, 1.82) is 0 Å². The van der Waals surface area contributed by atoms with Crippen LogP contribution in [-0.2, 0) is 0 Å². The fourth-order valence-electron chi connectivity index (χ4n) is 1.52. The van der Waals surface area contributed by atoms with E-state index in [-0.39, 0.29) is 17.0 Å². The molecular weight excluding hydrogens is 222 g/mol. The monoisotopic (exact) mass is 241 g/mol. The normalized spacial score (nSPS) is 11.5. The third-order valence-corrected chi connectivity index (χ3v) is 2.54. The highest BCUT2D eigenvalue weighted by Gasteiger charge is 2.20. The molecular formula is C11H19N3O3. The highest BCUT2D eigenvalue weighted by molar-refractivity contribution is 5.93. The molecule has 0 saturated carbocycles. The van der Waals surface area contributed by atoms with Crippen LogP contribution in [-0.4, -0.2) is 31.2 Å². The molecule has 0 unspecified atom stereocenters. The highest BCUT2D eigenvalue weighted by Crippen LogP contribution is 2.11. The van der Waals surface area contributed by atoms with Gasteiger partial charge < -0.3 is 15.2 Å². The van der Waals surface area contributed by atoms with Crippen molar-refractivity contribution in [2.45, 2.75) is 20.8 Å². The smallest absolute Gasteiger partial charge is 0.350 e. The minimum absolute atomic E-state index is 0.0532. The molecule has 1 aromatic rings. The summed E-state index contributed by atoms with van der Waals surface area (Å²) in [6.45, 7) is 6.92. The molecule has 6 nitrogen and oxygen atoms in total. The van der Waals surface area contributed by atoms with E-state index in [9.17, 15) is 9.59 Å². The topological polar surface area (TPSA) is 87.1 Å². The molecule has 1 amide bonds. The molecule has 0 fully saturated rings. The van der Waals surface area contributed by atoms with E-state index in [2.05, 4.69) is 20.3 Å². The maximum absolute atomic E-state index is 11.8. The van der Waals surface area contributed by atoms with Gasteiger partial charge in [-0.1, -0.05) is 13.8 Å².